The van der Waals surface area contributed by atoms with Crippen LogP contribution in [0.3, 0.4) is 0 Å². The van der Waals surface area contributed by atoms with E-state index < -0.39 is 0 Å². The molecule has 1 aromatic heterocycles. The summed E-state index contributed by atoms with van der Waals surface area (Å²) in [6.07, 6.45) is 3.18. The molecule has 0 aliphatic rings. The average Bonchev–Trinajstić information content (AvgIpc) is 2.44. The molecular formula is C14H8ClIN2O. The smallest absolute Gasteiger partial charge is 0.235 e. The highest BCUT2D eigenvalue weighted by molar-refractivity contribution is 14.1. The van der Waals surface area contributed by atoms with Crippen LogP contribution in [0.4, 0.5) is 0 Å². The number of nitrogens with zero attached hydrogens (tertiary/aromatic N) is 2. The van der Waals surface area contributed by atoms with Gasteiger partial charge < -0.3 is 4.74 Å². The fourth-order valence-corrected chi connectivity index (χ4v) is 2.44. The Morgan fingerprint density at radius 3 is 2.63 bits per heavy atom. The number of fused-ring (bicyclic) bond motifs is 1. The van der Waals surface area contributed by atoms with Crippen LogP contribution in [0.15, 0.2) is 48.9 Å². The first-order chi connectivity index (χ1) is 9.25. The number of hydrogen-bond acceptors (Lipinski definition) is 3. The second kappa shape index (κ2) is 5.30. The Balaban J connectivity index is 2.12. The van der Waals surface area contributed by atoms with E-state index in [1.807, 2.05) is 36.4 Å². The van der Waals surface area contributed by atoms with Crippen LogP contribution in [0.5, 0.6) is 11.6 Å². The van der Waals surface area contributed by atoms with Gasteiger partial charge in [0.25, 0.3) is 0 Å². The van der Waals surface area contributed by atoms with Crippen molar-refractivity contribution in [3.63, 3.8) is 0 Å². The molecule has 19 heavy (non-hydrogen) atoms. The third-order valence-electron chi connectivity index (χ3n) is 2.67. The van der Waals surface area contributed by atoms with Crippen LogP contribution in [0, 0.1) is 3.57 Å². The maximum absolute atomic E-state index is 6.18. The molecule has 0 amide bonds. The van der Waals surface area contributed by atoms with E-state index in [1.165, 1.54) is 6.33 Å². The fraction of sp³-hybridized carbons (Fsp3) is 0. The van der Waals surface area contributed by atoms with E-state index in [1.54, 1.807) is 6.20 Å². The Hall–Kier alpha value is -1.40. The van der Waals surface area contributed by atoms with Crippen molar-refractivity contribution in [3.05, 3.63) is 57.5 Å². The molecule has 0 aliphatic carbocycles. The Bertz CT molecular complexity index is 748. The molecule has 0 N–H and O–H groups in total. The van der Waals surface area contributed by atoms with Crippen molar-refractivity contribution in [2.45, 2.75) is 0 Å². The van der Waals surface area contributed by atoms with E-state index in [0.29, 0.717) is 10.9 Å². The quantitative estimate of drug-likeness (QED) is 0.604. The van der Waals surface area contributed by atoms with Crippen LogP contribution in [-0.4, -0.2) is 9.97 Å². The minimum Gasteiger partial charge on any atom is -0.437 e. The second-order valence-corrected chi connectivity index (χ2v) is 5.44. The van der Waals surface area contributed by atoms with Crippen molar-refractivity contribution in [2.24, 2.45) is 0 Å². The lowest BCUT2D eigenvalue weighted by Gasteiger charge is -2.09. The highest BCUT2D eigenvalue weighted by Crippen LogP contribution is 2.34. The van der Waals surface area contributed by atoms with Gasteiger partial charge in [-0.2, -0.15) is 0 Å². The summed E-state index contributed by atoms with van der Waals surface area (Å²) in [5, 5.41) is 2.63. The molecule has 0 aliphatic heterocycles. The number of hydrogen-bond donors (Lipinski definition) is 0. The van der Waals surface area contributed by atoms with Crippen LogP contribution in [0.1, 0.15) is 0 Å². The summed E-state index contributed by atoms with van der Waals surface area (Å²) in [4.78, 5) is 8.07. The van der Waals surface area contributed by atoms with Crippen molar-refractivity contribution in [1.82, 2.24) is 9.97 Å². The van der Waals surface area contributed by atoms with Gasteiger partial charge in [-0.1, -0.05) is 35.9 Å². The minimum absolute atomic E-state index is 0.545. The standard InChI is InChI=1S/C14H8ClIN2O/c15-11-5-6-13(10-4-2-1-3-9(10)11)19-14-12(16)7-17-8-18-14/h1-8H. The molecule has 3 rings (SSSR count). The van der Waals surface area contributed by atoms with E-state index in [2.05, 4.69) is 32.6 Å². The topological polar surface area (TPSA) is 35.0 Å². The second-order valence-electron chi connectivity index (χ2n) is 3.87. The third kappa shape index (κ3) is 2.50. The van der Waals surface area contributed by atoms with Gasteiger partial charge in [-0.25, -0.2) is 9.97 Å². The highest BCUT2D eigenvalue weighted by Gasteiger charge is 2.09. The van der Waals surface area contributed by atoms with Crippen molar-refractivity contribution in [2.75, 3.05) is 0 Å². The van der Waals surface area contributed by atoms with Gasteiger partial charge in [-0.3, -0.25) is 0 Å². The van der Waals surface area contributed by atoms with E-state index in [0.717, 1.165) is 20.1 Å². The van der Waals surface area contributed by atoms with Gasteiger partial charge in [-0.15, -0.1) is 0 Å². The summed E-state index contributed by atoms with van der Waals surface area (Å²) in [6, 6.07) is 11.5. The molecule has 0 fully saturated rings. The molecule has 0 saturated heterocycles. The molecular weight excluding hydrogens is 375 g/mol. The van der Waals surface area contributed by atoms with Crippen LogP contribution >= 0.6 is 34.2 Å². The fourth-order valence-electron chi connectivity index (χ4n) is 1.80. The molecule has 94 valence electrons. The summed E-state index contributed by atoms with van der Waals surface area (Å²) in [6.45, 7) is 0. The summed E-state index contributed by atoms with van der Waals surface area (Å²) < 4.78 is 6.72. The summed E-state index contributed by atoms with van der Waals surface area (Å²) in [5.41, 5.74) is 0. The monoisotopic (exact) mass is 382 g/mol. The first kappa shape index (κ1) is 12.6. The Morgan fingerprint density at radius 1 is 1.05 bits per heavy atom. The normalized spacial score (nSPS) is 10.6. The predicted molar refractivity (Wildman–Crippen MR) is 83.8 cm³/mol. The largest absolute Gasteiger partial charge is 0.437 e. The molecule has 3 nitrogen and oxygen atoms in total. The first-order valence-corrected chi connectivity index (χ1v) is 7.02. The predicted octanol–water partition coefficient (Wildman–Crippen LogP) is 4.68. The molecule has 2 aromatic carbocycles. The SMILES string of the molecule is Clc1ccc(Oc2ncncc2I)c2ccccc12. The molecule has 0 radical (unpaired) electrons. The molecule has 0 spiro atoms. The van der Waals surface area contributed by atoms with E-state index in [-0.39, 0.29) is 0 Å². The first-order valence-electron chi connectivity index (χ1n) is 5.56. The van der Waals surface area contributed by atoms with Gasteiger partial charge in [0.2, 0.25) is 5.88 Å². The van der Waals surface area contributed by atoms with Crippen molar-refractivity contribution >= 4 is 45.0 Å². The Morgan fingerprint density at radius 2 is 1.84 bits per heavy atom. The maximum Gasteiger partial charge on any atom is 0.235 e. The van der Waals surface area contributed by atoms with Crippen LogP contribution < -0.4 is 4.74 Å². The zero-order valence-corrected chi connectivity index (χ0v) is 12.6. The number of halogens is 2. The zero-order valence-electron chi connectivity index (χ0n) is 9.68. The number of rotatable bonds is 2. The molecule has 1 heterocycles. The zero-order chi connectivity index (χ0) is 13.2. The Kier molecular flexibility index (Phi) is 3.52. The van der Waals surface area contributed by atoms with Crippen molar-refractivity contribution in [1.29, 1.82) is 0 Å². The maximum atomic E-state index is 6.18. The van der Waals surface area contributed by atoms with Gasteiger partial charge in [0.15, 0.2) is 0 Å². The van der Waals surface area contributed by atoms with E-state index >= 15 is 0 Å². The van der Waals surface area contributed by atoms with Gasteiger partial charge in [0.05, 0.1) is 3.57 Å². The molecule has 0 saturated carbocycles. The molecule has 0 bridgehead atoms. The van der Waals surface area contributed by atoms with Crippen LogP contribution in [0.25, 0.3) is 10.8 Å². The van der Waals surface area contributed by atoms with Gasteiger partial charge in [-0.05, 0) is 34.7 Å². The lowest BCUT2D eigenvalue weighted by Crippen LogP contribution is -1.92. The minimum atomic E-state index is 0.545. The third-order valence-corrected chi connectivity index (χ3v) is 3.74. The highest BCUT2D eigenvalue weighted by atomic mass is 127. The molecule has 3 aromatic rings. The number of aromatic nitrogens is 2. The van der Waals surface area contributed by atoms with Gasteiger partial charge in [0.1, 0.15) is 12.1 Å². The number of benzene rings is 2. The average molecular weight is 383 g/mol. The molecule has 0 atom stereocenters. The van der Waals surface area contributed by atoms with Gasteiger partial charge in [0, 0.05) is 22.0 Å². The summed E-state index contributed by atoms with van der Waals surface area (Å²) in [7, 11) is 0. The molecule has 5 heteroatoms. The lowest BCUT2D eigenvalue weighted by molar-refractivity contribution is 0.463. The van der Waals surface area contributed by atoms with E-state index in [4.69, 9.17) is 16.3 Å². The Labute approximate surface area is 128 Å². The van der Waals surface area contributed by atoms with E-state index in [9.17, 15) is 0 Å². The van der Waals surface area contributed by atoms with Gasteiger partial charge >= 0.3 is 0 Å². The van der Waals surface area contributed by atoms with Crippen molar-refractivity contribution in [3.8, 4) is 11.6 Å². The lowest BCUT2D eigenvalue weighted by atomic mass is 10.1. The summed E-state index contributed by atoms with van der Waals surface area (Å²) >= 11 is 8.32. The summed E-state index contributed by atoms with van der Waals surface area (Å²) in [5.74, 6) is 1.28. The van der Waals surface area contributed by atoms with Crippen molar-refractivity contribution < 1.29 is 4.74 Å². The van der Waals surface area contributed by atoms with Crippen LogP contribution in [-0.2, 0) is 0 Å². The van der Waals surface area contributed by atoms with Crippen LogP contribution in [0.2, 0.25) is 5.02 Å². The molecule has 0 unspecified atom stereocenters. The number of ether oxygens (including phenoxy) is 1.